The minimum Gasteiger partial charge on any atom is -0.493 e. The van der Waals surface area contributed by atoms with Gasteiger partial charge in [0.05, 0.1) is 6.61 Å². The van der Waals surface area contributed by atoms with E-state index in [0.717, 1.165) is 22.7 Å². The van der Waals surface area contributed by atoms with Crippen molar-refractivity contribution in [1.82, 2.24) is 10.2 Å². The summed E-state index contributed by atoms with van der Waals surface area (Å²) in [5.74, 6) is 0.666. The van der Waals surface area contributed by atoms with Crippen LogP contribution in [0.2, 0.25) is 0 Å². The third-order valence-electron chi connectivity index (χ3n) is 3.92. The van der Waals surface area contributed by atoms with Crippen LogP contribution in [0.25, 0.3) is 0 Å². The lowest BCUT2D eigenvalue weighted by molar-refractivity contribution is 0.102. The van der Waals surface area contributed by atoms with E-state index >= 15 is 0 Å². The number of nitrogens with one attached hydrogen (secondary N) is 1. The predicted octanol–water partition coefficient (Wildman–Crippen LogP) is 4.28. The second-order valence-corrected chi connectivity index (χ2v) is 6.98. The van der Waals surface area contributed by atoms with Gasteiger partial charge in [-0.2, -0.15) is 0 Å². The number of aryl methyl sites for hydroxylation is 2. The van der Waals surface area contributed by atoms with E-state index < -0.39 is 0 Å². The van der Waals surface area contributed by atoms with E-state index in [4.69, 9.17) is 4.74 Å². The molecule has 2 aromatic carbocycles. The van der Waals surface area contributed by atoms with Gasteiger partial charge in [-0.3, -0.25) is 10.1 Å². The summed E-state index contributed by atoms with van der Waals surface area (Å²) in [7, 11) is 0. The van der Waals surface area contributed by atoms with E-state index in [2.05, 4.69) is 34.6 Å². The van der Waals surface area contributed by atoms with Crippen molar-refractivity contribution in [3.05, 3.63) is 70.2 Å². The second-order valence-electron chi connectivity index (χ2n) is 5.92. The quantitative estimate of drug-likeness (QED) is 0.677. The van der Waals surface area contributed by atoms with E-state index in [0.29, 0.717) is 23.7 Å². The molecule has 1 heterocycles. The first-order valence-electron chi connectivity index (χ1n) is 8.56. The maximum absolute atomic E-state index is 12.2. The van der Waals surface area contributed by atoms with Gasteiger partial charge in [0.15, 0.2) is 0 Å². The molecule has 0 saturated carbocycles. The molecule has 0 spiro atoms. The molecule has 0 aliphatic rings. The monoisotopic (exact) mass is 367 g/mol. The van der Waals surface area contributed by atoms with Gasteiger partial charge in [0.25, 0.3) is 5.91 Å². The number of ether oxygens (including phenoxy) is 1. The Kier molecular flexibility index (Phi) is 5.96. The summed E-state index contributed by atoms with van der Waals surface area (Å²) >= 11 is 1.37. The molecule has 0 aliphatic carbocycles. The molecule has 6 heteroatoms. The molecule has 5 nitrogen and oxygen atoms in total. The van der Waals surface area contributed by atoms with Gasteiger partial charge in [-0.1, -0.05) is 48.1 Å². The Hall–Kier alpha value is -2.73. The average Bonchev–Trinajstić information content (AvgIpc) is 3.10. The van der Waals surface area contributed by atoms with E-state index in [1.165, 1.54) is 16.9 Å². The fourth-order valence-electron chi connectivity index (χ4n) is 2.36. The van der Waals surface area contributed by atoms with Crippen LogP contribution in [0.3, 0.4) is 0 Å². The number of amides is 1. The van der Waals surface area contributed by atoms with Crippen molar-refractivity contribution in [2.24, 2.45) is 0 Å². The van der Waals surface area contributed by atoms with E-state index in [1.807, 2.05) is 31.2 Å². The minimum absolute atomic E-state index is 0.181. The molecule has 134 valence electrons. The average molecular weight is 367 g/mol. The Bertz CT molecular complexity index is 858. The SMILES string of the molecule is CCc1ccc(OCCc2nnc(NC(=O)c3ccc(C)cc3)s2)cc1. The Morgan fingerprint density at radius 3 is 2.50 bits per heavy atom. The third kappa shape index (κ3) is 4.89. The molecular weight excluding hydrogens is 346 g/mol. The number of hydrogen-bond donors (Lipinski definition) is 1. The maximum Gasteiger partial charge on any atom is 0.257 e. The number of carbonyl (C=O) groups excluding carboxylic acids is 1. The summed E-state index contributed by atoms with van der Waals surface area (Å²) in [6, 6.07) is 15.5. The van der Waals surface area contributed by atoms with Crippen molar-refractivity contribution >= 4 is 22.4 Å². The maximum atomic E-state index is 12.2. The van der Waals surface area contributed by atoms with Gasteiger partial charge in [-0.05, 0) is 43.2 Å². The standard InChI is InChI=1S/C20H21N3O2S/c1-3-15-6-10-17(11-7-15)25-13-12-18-22-23-20(26-18)21-19(24)16-8-4-14(2)5-9-16/h4-11H,3,12-13H2,1-2H3,(H,21,23,24). The Morgan fingerprint density at radius 2 is 1.81 bits per heavy atom. The van der Waals surface area contributed by atoms with E-state index in [-0.39, 0.29) is 5.91 Å². The smallest absolute Gasteiger partial charge is 0.257 e. The molecule has 3 aromatic rings. The minimum atomic E-state index is -0.181. The summed E-state index contributed by atoms with van der Waals surface area (Å²) in [5.41, 5.74) is 3.01. The molecule has 0 atom stereocenters. The van der Waals surface area contributed by atoms with Crippen LogP contribution in [0.1, 0.15) is 33.4 Å². The fraction of sp³-hybridized carbons (Fsp3) is 0.250. The topological polar surface area (TPSA) is 64.1 Å². The lowest BCUT2D eigenvalue weighted by Gasteiger charge is -2.05. The molecular formula is C20H21N3O2S. The van der Waals surface area contributed by atoms with Gasteiger partial charge >= 0.3 is 0 Å². The zero-order chi connectivity index (χ0) is 18.4. The van der Waals surface area contributed by atoms with Crippen molar-refractivity contribution in [2.45, 2.75) is 26.7 Å². The summed E-state index contributed by atoms with van der Waals surface area (Å²) < 4.78 is 5.73. The molecule has 3 rings (SSSR count). The molecule has 1 aromatic heterocycles. The Labute approximate surface area is 157 Å². The first kappa shape index (κ1) is 18.1. The van der Waals surface area contributed by atoms with Crippen LogP contribution in [0.4, 0.5) is 5.13 Å². The number of anilines is 1. The normalized spacial score (nSPS) is 10.5. The number of hydrogen-bond acceptors (Lipinski definition) is 5. The molecule has 1 amide bonds. The zero-order valence-corrected chi connectivity index (χ0v) is 15.7. The van der Waals surface area contributed by atoms with Crippen molar-refractivity contribution < 1.29 is 9.53 Å². The Balaban J connectivity index is 1.49. The van der Waals surface area contributed by atoms with E-state index in [1.54, 1.807) is 12.1 Å². The molecule has 0 saturated heterocycles. The first-order valence-corrected chi connectivity index (χ1v) is 9.38. The van der Waals surface area contributed by atoms with Gasteiger partial charge in [0.1, 0.15) is 10.8 Å². The first-order chi connectivity index (χ1) is 12.6. The van der Waals surface area contributed by atoms with Crippen molar-refractivity contribution in [2.75, 3.05) is 11.9 Å². The number of aromatic nitrogens is 2. The molecule has 0 aliphatic heterocycles. The number of nitrogens with zero attached hydrogens (tertiary/aromatic N) is 2. The molecule has 0 bridgehead atoms. The highest BCUT2D eigenvalue weighted by molar-refractivity contribution is 7.15. The van der Waals surface area contributed by atoms with Crippen molar-refractivity contribution in [3.8, 4) is 5.75 Å². The van der Waals surface area contributed by atoms with Gasteiger partial charge in [0, 0.05) is 12.0 Å². The van der Waals surface area contributed by atoms with Crippen LogP contribution in [0.15, 0.2) is 48.5 Å². The van der Waals surface area contributed by atoms with Crippen LogP contribution in [0, 0.1) is 6.92 Å². The van der Waals surface area contributed by atoms with Crippen LogP contribution in [-0.2, 0) is 12.8 Å². The highest BCUT2D eigenvalue weighted by Gasteiger charge is 2.10. The van der Waals surface area contributed by atoms with Crippen LogP contribution in [-0.4, -0.2) is 22.7 Å². The summed E-state index contributed by atoms with van der Waals surface area (Å²) in [6.45, 7) is 4.63. The lowest BCUT2D eigenvalue weighted by Crippen LogP contribution is -2.11. The molecule has 0 radical (unpaired) electrons. The molecule has 0 unspecified atom stereocenters. The van der Waals surface area contributed by atoms with Crippen LogP contribution in [0.5, 0.6) is 5.75 Å². The molecule has 1 N–H and O–H groups in total. The number of benzene rings is 2. The predicted molar refractivity (Wildman–Crippen MR) is 104 cm³/mol. The molecule has 26 heavy (non-hydrogen) atoms. The van der Waals surface area contributed by atoms with Gasteiger partial charge in [-0.25, -0.2) is 0 Å². The van der Waals surface area contributed by atoms with Gasteiger partial charge in [0.2, 0.25) is 5.13 Å². The summed E-state index contributed by atoms with van der Waals surface area (Å²) in [4.78, 5) is 12.2. The summed E-state index contributed by atoms with van der Waals surface area (Å²) in [6.07, 6.45) is 1.66. The summed E-state index contributed by atoms with van der Waals surface area (Å²) in [5, 5.41) is 12.2. The van der Waals surface area contributed by atoms with Crippen molar-refractivity contribution in [1.29, 1.82) is 0 Å². The van der Waals surface area contributed by atoms with E-state index in [9.17, 15) is 4.79 Å². The highest BCUT2D eigenvalue weighted by Crippen LogP contribution is 2.18. The number of carbonyl (C=O) groups is 1. The molecule has 0 fully saturated rings. The van der Waals surface area contributed by atoms with Gasteiger partial charge < -0.3 is 4.74 Å². The fourth-order valence-corrected chi connectivity index (χ4v) is 3.07. The largest absolute Gasteiger partial charge is 0.493 e. The van der Waals surface area contributed by atoms with Gasteiger partial charge in [-0.15, -0.1) is 10.2 Å². The second kappa shape index (κ2) is 8.58. The third-order valence-corrected chi connectivity index (χ3v) is 4.82. The van der Waals surface area contributed by atoms with Crippen molar-refractivity contribution in [3.63, 3.8) is 0 Å². The zero-order valence-electron chi connectivity index (χ0n) is 14.9. The lowest BCUT2D eigenvalue weighted by atomic mass is 10.1. The number of rotatable bonds is 7. The Morgan fingerprint density at radius 1 is 1.08 bits per heavy atom. The highest BCUT2D eigenvalue weighted by atomic mass is 32.1. The van der Waals surface area contributed by atoms with Crippen LogP contribution >= 0.6 is 11.3 Å². The van der Waals surface area contributed by atoms with Crippen LogP contribution < -0.4 is 10.1 Å².